The van der Waals surface area contributed by atoms with Crippen LogP contribution < -0.4 is 25.2 Å². The van der Waals surface area contributed by atoms with Gasteiger partial charge in [0.1, 0.15) is 18.2 Å². The van der Waals surface area contributed by atoms with Crippen molar-refractivity contribution in [1.29, 1.82) is 0 Å². The lowest BCUT2D eigenvalue weighted by molar-refractivity contribution is -0.244. The Balaban J connectivity index is 1.27. The topological polar surface area (TPSA) is 196 Å². The normalized spacial score (nSPS) is 22.6. The zero-order valence-electron chi connectivity index (χ0n) is 34.4. The Morgan fingerprint density at radius 2 is 1.82 bits per heavy atom. The average Bonchev–Trinajstić information content (AvgIpc) is 3.78. The van der Waals surface area contributed by atoms with Gasteiger partial charge in [-0.2, -0.15) is 13.2 Å². The Morgan fingerprint density at radius 3 is 2.47 bits per heavy atom. The Morgan fingerprint density at radius 1 is 1.10 bits per heavy atom. The van der Waals surface area contributed by atoms with Crippen LogP contribution in [0.15, 0.2) is 36.5 Å². The summed E-state index contributed by atoms with van der Waals surface area (Å²) in [5, 5.41) is 2.69. The molecule has 2 aromatic rings. The molecule has 60 heavy (non-hydrogen) atoms. The number of allylic oxidation sites excluding steroid dienone is 2. The van der Waals surface area contributed by atoms with E-state index in [1.165, 1.54) is 18.3 Å². The second-order valence-corrected chi connectivity index (χ2v) is 18.7. The number of alkyl halides is 3. The van der Waals surface area contributed by atoms with Crippen molar-refractivity contribution in [2.24, 2.45) is 29.4 Å². The Kier molecular flexibility index (Phi) is 14.6. The Bertz CT molecular complexity index is 2050. The van der Waals surface area contributed by atoms with E-state index in [0.29, 0.717) is 63.1 Å². The molecule has 0 radical (unpaired) electrons. The molecule has 332 valence electrons. The number of aromatic nitrogens is 1. The van der Waals surface area contributed by atoms with Gasteiger partial charge in [0.05, 0.1) is 18.4 Å². The third-order valence-electron chi connectivity index (χ3n) is 11.5. The largest absolute Gasteiger partial charge is 0.491 e. The predicted molar refractivity (Wildman–Crippen MR) is 212 cm³/mol. The quantitative estimate of drug-likeness (QED) is 0.117. The first-order chi connectivity index (χ1) is 28.1. The summed E-state index contributed by atoms with van der Waals surface area (Å²) in [6, 6.07) is 1.65. The highest BCUT2D eigenvalue weighted by molar-refractivity contribution is 7.90. The Labute approximate surface area is 347 Å². The number of primary amides is 1. The second kappa shape index (κ2) is 18.9. The van der Waals surface area contributed by atoms with Gasteiger partial charge >= 0.3 is 12.3 Å². The highest BCUT2D eigenvalue weighted by atomic mass is 32.2. The maximum atomic E-state index is 14.9. The number of sulfonamides is 1. The summed E-state index contributed by atoms with van der Waals surface area (Å²) in [6.07, 6.45) is 2.61. The molecule has 1 aromatic heterocycles. The van der Waals surface area contributed by atoms with Crippen LogP contribution in [-0.4, -0.2) is 90.5 Å². The minimum absolute atomic E-state index is 0.0223. The van der Waals surface area contributed by atoms with Crippen LogP contribution in [0, 0.1) is 29.5 Å². The van der Waals surface area contributed by atoms with Crippen molar-refractivity contribution in [1.82, 2.24) is 19.9 Å². The smallest absolute Gasteiger partial charge is 0.427 e. The number of nitrogens with zero attached hydrogens (tertiary/aromatic N) is 2. The number of halogens is 4. The molecule has 3 aliphatic rings. The molecule has 0 bridgehead atoms. The van der Waals surface area contributed by atoms with Gasteiger partial charge in [-0.15, -0.1) is 0 Å². The second-order valence-electron chi connectivity index (χ2n) is 16.7. The highest BCUT2D eigenvalue weighted by Crippen LogP contribution is 2.36. The number of ether oxygens (including phenoxy) is 3. The molecule has 1 aliphatic heterocycles. The first kappa shape index (κ1) is 46.4. The number of nitrogens with two attached hydrogens (primary N) is 1. The number of pyridine rings is 1. The lowest BCUT2D eigenvalue weighted by Gasteiger charge is -2.33. The molecule has 1 aromatic carbocycles. The van der Waals surface area contributed by atoms with E-state index in [2.05, 4.69) is 15.0 Å². The molecule has 0 spiro atoms. The number of carbonyl (C=O) groups is 4. The number of rotatable bonds is 18. The molecule has 7 atom stereocenters. The van der Waals surface area contributed by atoms with Gasteiger partial charge in [-0.05, 0) is 107 Å². The maximum absolute atomic E-state index is 14.9. The van der Waals surface area contributed by atoms with Gasteiger partial charge in [0.2, 0.25) is 39.2 Å². The zero-order valence-corrected chi connectivity index (χ0v) is 35.2. The van der Waals surface area contributed by atoms with Crippen LogP contribution >= 0.6 is 0 Å². The lowest BCUT2D eigenvalue weighted by atomic mass is 9.87. The van der Waals surface area contributed by atoms with Crippen LogP contribution in [0.4, 0.5) is 22.4 Å². The predicted octanol–water partition coefficient (Wildman–Crippen LogP) is 6.07. The molecular formula is C41H55F4N5O9S. The molecule has 3 fully saturated rings. The SMILES string of the molecule is CCOc1cc2ccnc(O[C@@H]3C[C@@H](C(N)=O)N(C(=O)[C@@H](NC(=O)OC(C)(C)C(F)(F)F)[C@H](C)C[C@@H](C)CC/C=C\[C@@H]4CCCC4C(=O)NS(=O)(=O)C4CC4)C3)c2cc1F. The fraction of sp³-hybridized carbons (Fsp3) is 0.634. The van der Waals surface area contributed by atoms with E-state index < -0.39 is 86.7 Å². The number of amides is 4. The van der Waals surface area contributed by atoms with Gasteiger partial charge in [0, 0.05) is 23.9 Å². The average molecular weight is 870 g/mol. The summed E-state index contributed by atoms with van der Waals surface area (Å²) in [5.74, 6) is -4.10. The lowest BCUT2D eigenvalue weighted by Crippen LogP contribution is -2.56. The number of fused-ring (bicyclic) bond motifs is 1. The number of alkyl carbamates (subject to hydrolysis) is 1. The standard InChI is InChI=1S/C41H55F4N5O9S/c1-6-57-33-19-26-16-17-47-37(30(26)21-31(33)42)58-27-20-32(35(46)51)50(22-27)38(53)34(48-39(54)59-40(4,5)41(43,44)45)24(3)18-23(2)10-7-8-11-25-12-9-13-29(25)36(52)49-60(55,56)28-14-15-28/h8,11,16-17,19,21,23-25,27-29,32,34H,6-7,9-10,12-15,18,20,22H2,1-5H3,(H2,46,51)(H,48,54)(H,49,52)/b11-8-/t23-,24+,25+,27+,29?,32-,34-/m0/s1. The summed E-state index contributed by atoms with van der Waals surface area (Å²) in [5.41, 5.74) is 2.85. The number of carbonyl (C=O) groups excluding carboxylic acids is 4. The molecular weight excluding hydrogens is 815 g/mol. The minimum Gasteiger partial charge on any atom is -0.491 e. The molecule has 4 N–H and O–H groups in total. The minimum atomic E-state index is -4.92. The maximum Gasteiger partial charge on any atom is 0.427 e. The summed E-state index contributed by atoms with van der Waals surface area (Å²) in [4.78, 5) is 58.4. The molecule has 2 aliphatic carbocycles. The summed E-state index contributed by atoms with van der Waals surface area (Å²) in [7, 11) is -3.65. The number of benzene rings is 1. The van der Waals surface area contributed by atoms with Gasteiger partial charge in [-0.3, -0.25) is 19.1 Å². The van der Waals surface area contributed by atoms with Crippen molar-refractivity contribution < 1.29 is 59.4 Å². The van der Waals surface area contributed by atoms with E-state index in [1.54, 1.807) is 19.9 Å². The van der Waals surface area contributed by atoms with Crippen LogP contribution in [-0.2, 0) is 29.1 Å². The van der Waals surface area contributed by atoms with Gasteiger partial charge in [0.15, 0.2) is 11.6 Å². The third kappa shape index (κ3) is 11.4. The van der Waals surface area contributed by atoms with Crippen molar-refractivity contribution in [3.63, 3.8) is 0 Å². The molecule has 19 heteroatoms. The van der Waals surface area contributed by atoms with Gasteiger partial charge < -0.3 is 30.2 Å². The monoisotopic (exact) mass is 869 g/mol. The van der Waals surface area contributed by atoms with Gasteiger partial charge in [-0.25, -0.2) is 22.6 Å². The summed E-state index contributed by atoms with van der Waals surface area (Å²) < 4.78 is 99.0. The number of hydrogen-bond acceptors (Lipinski definition) is 10. The first-order valence-electron chi connectivity index (χ1n) is 20.4. The van der Waals surface area contributed by atoms with E-state index in [-0.39, 0.29) is 43.0 Å². The van der Waals surface area contributed by atoms with E-state index >= 15 is 0 Å². The number of likely N-dealkylation sites (tertiary alicyclic amines) is 1. The van der Waals surface area contributed by atoms with E-state index in [9.17, 15) is 45.2 Å². The summed E-state index contributed by atoms with van der Waals surface area (Å²) >= 11 is 0. The number of hydrogen-bond donors (Lipinski definition) is 3. The molecule has 1 saturated heterocycles. The van der Waals surface area contributed by atoms with Crippen LogP contribution in [0.25, 0.3) is 10.8 Å². The first-order valence-corrected chi connectivity index (χ1v) is 21.9. The molecule has 4 amide bonds. The van der Waals surface area contributed by atoms with Crippen LogP contribution in [0.1, 0.15) is 92.4 Å². The van der Waals surface area contributed by atoms with Crippen molar-refractivity contribution in [3.05, 3.63) is 42.4 Å². The zero-order chi connectivity index (χ0) is 44.2. The molecule has 1 unspecified atom stereocenters. The fourth-order valence-corrected chi connectivity index (χ4v) is 9.25. The molecule has 5 rings (SSSR count). The molecule has 2 saturated carbocycles. The molecule has 2 heterocycles. The van der Waals surface area contributed by atoms with E-state index in [0.717, 1.165) is 17.7 Å². The Hall–Kier alpha value is -4.68. The molecule has 14 nitrogen and oxygen atoms in total. The highest BCUT2D eigenvalue weighted by Gasteiger charge is 2.52. The third-order valence-corrected chi connectivity index (χ3v) is 13.3. The van der Waals surface area contributed by atoms with Crippen molar-refractivity contribution in [3.8, 4) is 11.6 Å². The van der Waals surface area contributed by atoms with E-state index in [4.69, 9.17) is 19.9 Å². The van der Waals surface area contributed by atoms with Gasteiger partial charge in [0.25, 0.3) is 0 Å². The van der Waals surface area contributed by atoms with Crippen LogP contribution in [0.5, 0.6) is 11.6 Å². The van der Waals surface area contributed by atoms with Gasteiger partial charge in [-0.1, -0.05) is 32.4 Å². The fourth-order valence-electron chi connectivity index (χ4n) is 7.90. The summed E-state index contributed by atoms with van der Waals surface area (Å²) in [6.45, 7) is 6.65. The van der Waals surface area contributed by atoms with Crippen molar-refractivity contribution >= 4 is 44.6 Å². The van der Waals surface area contributed by atoms with Crippen molar-refractivity contribution in [2.45, 2.75) is 128 Å². The van der Waals surface area contributed by atoms with Crippen molar-refractivity contribution in [2.75, 3.05) is 13.2 Å². The van der Waals surface area contributed by atoms with E-state index in [1.807, 2.05) is 19.1 Å². The van der Waals surface area contributed by atoms with Crippen LogP contribution in [0.3, 0.4) is 0 Å². The van der Waals surface area contributed by atoms with Crippen LogP contribution in [0.2, 0.25) is 0 Å². The number of nitrogens with one attached hydrogen (secondary N) is 2.